The van der Waals surface area contributed by atoms with Gasteiger partial charge in [-0.05, 0) is 5.53 Å². The number of hydrogen-bond acceptors (Lipinski definition) is 3. The van der Waals surface area contributed by atoms with Crippen molar-refractivity contribution in [2.45, 2.75) is 6.42 Å². The molecular formula is C5H9N3O2. The number of ether oxygens (including phenoxy) is 1. The zero-order chi connectivity index (χ0) is 7.66. The van der Waals surface area contributed by atoms with Crippen molar-refractivity contribution in [1.29, 1.82) is 0 Å². The lowest BCUT2D eigenvalue weighted by atomic mass is 10.5. The van der Waals surface area contributed by atoms with Crippen LogP contribution in [-0.4, -0.2) is 26.0 Å². The maximum atomic E-state index is 9.73. The van der Waals surface area contributed by atoms with Crippen LogP contribution in [0, 0.1) is 0 Å². The molecule has 0 bridgehead atoms. The van der Waals surface area contributed by atoms with Crippen LogP contribution in [0.2, 0.25) is 0 Å². The van der Waals surface area contributed by atoms with Gasteiger partial charge in [0.15, 0.2) is 0 Å². The lowest BCUT2D eigenvalue weighted by molar-refractivity contribution is -0.108. The minimum Gasteiger partial charge on any atom is -0.381 e. The summed E-state index contributed by atoms with van der Waals surface area (Å²) >= 11 is 0. The summed E-state index contributed by atoms with van der Waals surface area (Å²) in [5.41, 5.74) is 7.82. The molecule has 0 atom stereocenters. The van der Waals surface area contributed by atoms with E-state index in [1.165, 1.54) is 0 Å². The van der Waals surface area contributed by atoms with E-state index < -0.39 is 0 Å². The summed E-state index contributed by atoms with van der Waals surface area (Å²) in [6.07, 6.45) is 1.18. The van der Waals surface area contributed by atoms with Crippen LogP contribution in [-0.2, 0) is 9.53 Å². The van der Waals surface area contributed by atoms with Gasteiger partial charge in [0, 0.05) is 17.9 Å². The van der Waals surface area contributed by atoms with Gasteiger partial charge in [-0.1, -0.05) is 5.11 Å². The molecule has 0 aromatic carbocycles. The fourth-order valence-corrected chi connectivity index (χ4v) is 0.384. The summed E-state index contributed by atoms with van der Waals surface area (Å²) in [6, 6.07) is 0. The number of carbonyl (C=O) groups excluding carboxylic acids is 1. The van der Waals surface area contributed by atoms with Gasteiger partial charge in [-0.15, -0.1) is 0 Å². The van der Waals surface area contributed by atoms with Crippen LogP contribution in [0.15, 0.2) is 5.11 Å². The minimum absolute atomic E-state index is 0.329. The van der Waals surface area contributed by atoms with Crippen LogP contribution in [0.5, 0.6) is 0 Å². The summed E-state index contributed by atoms with van der Waals surface area (Å²) in [5, 5.41) is 3.24. The van der Waals surface area contributed by atoms with E-state index in [9.17, 15) is 4.79 Å². The molecule has 0 aromatic heterocycles. The van der Waals surface area contributed by atoms with Crippen LogP contribution >= 0.6 is 0 Å². The van der Waals surface area contributed by atoms with Crippen molar-refractivity contribution in [2.75, 3.05) is 19.8 Å². The van der Waals surface area contributed by atoms with Gasteiger partial charge < -0.3 is 9.53 Å². The van der Waals surface area contributed by atoms with Crippen LogP contribution in [0.1, 0.15) is 6.42 Å². The maximum absolute atomic E-state index is 9.73. The third-order valence-electron chi connectivity index (χ3n) is 0.779. The van der Waals surface area contributed by atoms with Crippen molar-refractivity contribution >= 4 is 6.29 Å². The summed E-state index contributed by atoms with van der Waals surface area (Å²) in [6.45, 7) is 1.12. The predicted octanol–water partition coefficient (Wildman–Crippen LogP) is 0.902. The number of azide groups is 1. The molecule has 0 aliphatic heterocycles. The summed E-state index contributed by atoms with van der Waals surface area (Å²) in [4.78, 5) is 12.3. The van der Waals surface area contributed by atoms with Gasteiger partial charge in [0.05, 0.1) is 13.2 Å². The number of nitrogens with zero attached hydrogens (tertiary/aromatic N) is 3. The Morgan fingerprint density at radius 3 is 3.00 bits per heavy atom. The van der Waals surface area contributed by atoms with Crippen LogP contribution in [0.4, 0.5) is 0 Å². The van der Waals surface area contributed by atoms with E-state index in [2.05, 4.69) is 10.0 Å². The van der Waals surface area contributed by atoms with Crippen molar-refractivity contribution in [3.8, 4) is 0 Å². The monoisotopic (exact) mass is 143 g/mol. The average Bonchev–Trinajstić information content (AvgIpc) is 1.97. The van der Waals surface area contributed by atoms with Gasteiger partial charge in [-0.2, -0.15) is 0 Å². The SMILES string of the molecule is [N-]=[N+]=NCCOCCC=O. The maximum Gasteiger partial charge on any atom is 0.122 e. The smallest absolute Gasteiger partial charge is 0.122 e. The number of hydrogen-bond donors (Lipinski definition) is 0. The highest BCUT2D eigenvalue weighted by Gasteiger charge is 1.84. The molecular weight excluding hydrogens is 134 g/mol. The number of aldehydes is 1. The van der Waals surface area contributed by atoms with E-state index >= 15 is 0 Å². The molecule has 0 aromatic rings. The largest absolute Gasteiger partial charge is 0.381 e. The molecule has 0 heterocycles. The van der Waals surface area contributed by atoms with E-state index in [0.717, 1.165) is 6.29 Å². The van der Waals surface area contributed by atoms with Crippen molar-refractivity contribution in [3.05, 3.63) is 10.4 Å². The Balaban J connectivity index is 2.90. The van der Waals surface area contributed by atoms with Crippen molar-refractivity contribution in [1.82, 2.24) is 0 Å². The first-order valence-corrected chi connectivity index (χ1v) is 2.94. The van der Waals surface area contributed by atoms with Crippen molar-refractivity contribution in [3.63, 3.8) is 0 Å². The van der Waals surface area contributed by atoms with E-state index in [1.54, 1.807) is 0 Å². The molecule has 0 unspecified atom stereocenters. The highest BCUT2D eigenvalue weighted by atomic mass is 16.5. The molecule has 0 saturated carbocycles. The standard InChI is InChI=1S/C5H9N3O2/c6-8-7-2-5-10-4-1-3-9/h3H,1-2,4-5H2. The molecule has 0 rings (SSSR count). The molecule has 5 nitrogen and oxygen atoms in total. The van der Waals surface area contributed by atoms with E-state index in [1.807, 2.05) is 0 Å². The highest BCUT2D eigenvalue weighted by Crippen LogP contribution is 1.79. The van der Waals surface area contributed by atoms with E-state index in [-0.39, 0.29) is 0 Å². The number of rotatable bonds is 6. The Kier molecular flexibility index (Phi) is 7.10. The second kappa shape index (κ2) is 7.94. The van der Waals surface area contributed by atoms with E-state index in [4.69, 9.17) is 10.3 Å². The Morgan fingerprint density at radius 2 is 2.40 bits per heavy atom. The van der Waals surface area contributed by atoms with Crippen molar-refractivity contribution in [2.24, 2.45) is 5.11 Å². The first kappa shape index (κ1) is 8.94. The zero-order valence-electron chi connectivity index (χ0n) is 5.56. The zero-order valence-corrected chi connectivity index (χ0v) is 5.56. The fourth-order valence-electron chi connectivity index (χ4n) is 0.384. The van der Waals surface area contributed by atoms with Gasteiger partial charge in [-0.25, -0.2) is 0 Å². The molecule has 56 valence electrons. The lowest BCUT2D eigenvalue weighted by Crippen LogP contribution is -1.99. The average molecular weight is 143 g/mol. The first-order chi connectivity index (χ1) is 4.91. The molecule has 0 radical (unpaired) electrons. The summed E-state index contributed by atoms with van der Waals surface area (Å²) in [7, 11) is 0. The fraction of sp³-hybridized carbons (Fsp3) is 0.800. The number of carbonyl (C=O) groups is 1. The van der Waals surface area contributed by atoms with E-state index in [0.29, 0.717) is 26.2 Å². The molecule has 0 fully saturated rings. The minimum atomic E-state index is 0.329. The van der Waals surface area contributed by atoms with Gasteiger partial charge in [0.25, 0.3) is 0 Å². The Bertz CT molecular complexity index is 131. The van der Waals surface area contributed by atoms with Gasteiger partial charge in [0.1, 0.15) is 6.29 Å². The first-order valence-electron chi connectivity index (χ1n) is 2.94. The molecule has 0 aliphatic rings. The molecule has 5 heteroatoms. The van der Waals surface area contributed by atoms with Gasteiger partial charge in [0.2, 0.25) is 0 Å². The molecule has 0 N–H and O–H groups in total. The van der Waals surface area contributed by atoms with Crippen LogP contribution in [0.3, 0.4) is 0 Å². The Labute approximate surface area is 58.6 Å². The van der Waals surface area contributed by atoms with Gasteiger partial charge >= 0.3 is 0 Å². The summed E-state index contributed by atoms with van der Waals surface area (Å²) < 4.78 is 4.88. The second-order valence-electron chi connectivity index (χ2n) is 1.52. The quantitative estimate of drug-likeness (QED) is 0.182. The van der Waals surface area contributed by atoms with Gasteiger partial charge in [-0.3, -0.25) is 0 Å². The third-order valence-corrected chi connectivity index (χ3v) is 0.779. The Hall–Kier alpha value is -1.06. The topological polar surface area (TPSA) is 75.1 Å². The molecule has 0 spiro atoms. The molecule has 10 heavy (non-hydrogen) atoms. The summed E-state index contributed by atoms with van der Waals surface area (Å²) in [5.74, 6) is 0. The second-order valence-corrected chi connectivity index (χ2v) is 1.52. The van der Waals surface area contributed by atoms with Crippen LogP contribution < -0.4 is 0 Å². The van der Waals surface area contributed by atoms with Crippen molar-refractivity contribution < 1.29 is 9.53 Å². The molecule has 0 saturated heterocycles. The molecule has 0 aliphatic carbocycles. The lowest BCUT2D eigenvalue weighted by Gasteiger charge is -1.95. The van der Waals surface area contributed by atoms with Crippen LogP contribution in [0.25, 0.3) is 10.4 Å². The molecule has 0 amide bonds. The highest BCUT2D eigenvalue weighted by molar-refractivity contribution is 5.49. The predicted molar refractivity (Wildman–Crippen MR) is 35.5 cm³/mol. The Morgan fingerprint density at radius 1 is 1.60 bits per heavy atom. The third kappa shape index (κ3) is 6.94. The normalized spacial score (nSPS) is 8.40.